The number of carbonyl (C=O) groups excluding carboxylic acids is 1. The van der Waals surface area contributed by atoms with Crippen LogP contribution >= 0.6 is 24.8 Å². The number of likely N-dealkylation sites (tertiary alicyclic amines) is 1. The molecule has 2 rings (SSSR count). The summed E-state index contributed by atoms with van der Waals surface area (Å²) in [5.41, 5.74) is 8.20. The Balaban J connectivity index is 0.00000288. The molecule has 1 aliphatic heterocycles. The van der Waals surface area contributed by atoms with E-state index in [-0.39, 0.29) is 36.8 Å². The van der Waals surface area contributed by atoms with Crippen LogP contribution in [-0.2, 0) is 17.9 Å². The highest BCUT2D eigenvalue weighted by Crippen LogP contribution is 2.14. The van der Waals surface area contributed by atoms with Crippen LogP contribution in [0.1, 0.15) is 56.6 Å². The highest BCUT2D eigenvalue weighted by molar-refractivity contribution is 5.85. The van der Waals surface area contributed by atoms with Gasteiger partial charge in [0.05, 0.1) is 0 Å². The number of carbonyl (C=O) groups is 1. The predicted octanol–water partition coefficient (Wildman–Crippen LogP) is 3.65. The number of nitrogens with one attached hydrogen (secondary N) is 1. The van der Waals surface area contributed by atoms with Crippen molar-refractivity contribution in [1.82, 2.24) is 10.2 Å². The van der Waals surface area contributed by atoms with Gasteiger partial charge in [0.25, 0.3) is 0 Å². The van der Waals surface area contributed by atoms with E-state index in [0.717, 1.165) is 13.0 Å². The Hall–Kier alpha value is -0.810. The molecule has 0 bridgehead atoms. The van der Waals surface area contributed by atoms with Gasteiger partial charge in [-0.3, -0.25) is 9.69 Å². The Bertz CT molecular complexity index is 489. The third kappa shape index (κ3) is 10.0. The van der Waals surface area contributed by atoms with Crippen LogP contribution < -0.4 is 11.1 Å². The molecule has 1 aliphatic rings. The van der Waals surface area contributed by atoms with Crippen LogP contribution in [0.15, 0.2) is 24.3 Å². The van der Waals surface area contributed by atoms with Gasteiger partial charge in [-0.05, 0) is 50.4 Å². The van der Waals surface area contributed by atoms with Crippen LogP contribution in [0.2, 0.25) is 0 Å². The molecule has 3 N–H and O–H groups in total. The fraction of sp³-hybridized carbons (Fsp3) is 0.632. The number of halogens is 2. The number of benzene rings is 1. The van der Waals surface area contributed by atoms with Crippen molar-refractivity contribution >= 4 is 30.7 Å². The van der Waals surface area contributed by atoms with Crippen molar-refractivity contribution in [3.05, 3.63) is 35.4 Å². The van der Waals surface area contributed by atoms with Crippen molar-refractivity contribution in [2.75, 3.05) is 13.1 Å². The van der Waals surface area contributed by atoms with E-state index in [1.807, 2.05) is 6.92 Å². The smallest absolute Gasteiger partial charge is 0.220 e. The number of rotatable bonds is 7. The maximum atomic E-state index is 11.8. The Kier molecular flexibility index (Phi) is 13.0. The lowest BCUT2D eigenvalue weighted by Crippen LogP contribution is -2.26. The molecule has 1 unspecified atom stereocenters. The number of nitrogens with two attached hydrogens (primary N) is 1. The quantitative estimate of drug-likeness (QED) is 0.747. The van der Waals surface area contributed by atoms with Gasteiger partial charge < -0.3 is 11.1 Å². The third-order valence-corrected chi connectivity index (χ3v) is 4.41. The van der Waals surface area contributed by atoms with Crippen LogP contribution in [0.4, 0.5) is 0 Å². The Morgan fingerprint density at radius 2 is 1.80 bits per heavy atom. The second kappa shape index (κ2) is 13.4. The van der Waals surface area contributed by atoms with Crippen molar-refractivity contribution in [2.45, 2.75) is 64.6 Å². The molecule has 1 atom stereocenters. The van der Waals surface area contributed by atoms with E-state index in [1.54, 1.807) is 0 Å². The van der Waals surface area contributed by atoms with Gasteiger partial charge in [0.1, 0.15) is 0 Å². The van der Waals surface area contributed by atoms with E-state index in [9.17, 15) is 4.79 Å². The minimum atomic E-state index is 0. The first kappa shape index (κ1) is 24.2. The maximum absolute atomic E-state index is 11.8. The molecule has 1 heterocycles. The fourth-order valence-electron chi connectivity index (χ4n) is 3.04. The standard InChI is InChI=1S/C19H31N3O.2ClH/c1-16(20)9-10-19(23)21-14-17-7-6-8-18(13-17)15-22-11-4-2-3-5-12-22;;/h6-8,13,16H,2-5,9-12,14-15,20H2,1H3,(H,21,23);2*1H. The lowest BCUT2D eigenvalue weighted by molar-refractivity contribution is -0.121. The zero-order valence-electron chi connectivity index (χ0n) is 15.2. The molecule has 1 fully saturated rings. The Labute approximate surface area is 164 Å². The number of hydrogen-bond acceptors (Lipinski definition) is 3. The molecule has 4 nitrogen and oxygen atoms in total. The molecule has 0 aliphatic carbocycles. The van der Waals surface area contributed by atoms with Gasteiger partial charge in [0.2, 0.25) is 5.91 Å². The lowest BCUT2D eigenvalue weighted by Gasteiger charge is -2.20. The van der Waals surface area contributed by atoms with E-state index in [4.69, 9.17) is 5.73 Å². The molecule has 1 saturated heterocycles. The van der Waals surface area contributed by atoms with Crippen LogP contribution in [0.25, 0.3) is 0 Å². The molecule has 144 valence electrons. The normalized spacial score (nSPS) is 16.1. The largest absolute Gasteiger partial charge is 0.352 e. The summed E-state index contributed by atoms with van der Waals surface area (Å²) >= 11 is 0. The average Bonchev–Trinajstić information content (AvgIpc) is 2.80. The summed E-state index contributed by atoms with van der Waals surface area (Å²) in [7, 11) is 0. The molecular weight excluding hydrogens is 357 g/mol. The van der Waals surface area contributed by atoms with Gasteiger partial charge in [-0.2, -0.15) is 0 Å². The number of nitrogens with zero attached hydrogens (tertiary/aromatic N) is 1. The summed E-state index contributed by atoms with van der Waals surface area (Å²) in [6.45, 7) is 5.97. The zero-order chi connectivity index (χ0) is 16.5. The van der Waals surface area contributed by atoms with Crippen molar-refractivity contribution in [3.8, 4) is 0 Å². The first-order chi connectivity index (χ1) is 11.1. The minimum Gasteiger partial charge on any atom is -0.352 e. The Morgan fingerprint density at radius 3 is 2.44 bits per heavy atom. The molecule has 1 aromatic carbocycles. The van der Waals surface area contributed by atoms with Crippen molar-refractivity contribution in [1.29, 1.82) is 0 Å². The van der Waals surface area contributed by atoms with Gasteiger partial charge in [-0.25, -0.2) is 0 Å². The summed E-state index contributed by atoms with van der Waals surface area (Å²) in [5.74, 6) is 0.0835. The van der Waals surface area contributed by atoms with E-state index in [1.165, 1.54) is 49.9 Å². The number of amides is 1. The van der Waals surface area contributed by atoms with Gasteiger partial charge >= 0.3 is 0 Å². The van der Waals surface area contributed by atoms with Crippen LogP contribution in [-0.4, -0.2) is 29.9 Å². The van der Waals surface area contributed by atoms with Crippen molar-refractivity contribution < 1.29 is 4.79 Å². The molecule has 0 aromatic heterocycles. The first-order valence-electron chi connectivity index (χ1n) is 8.96. The zero-order valence-corrected chi connectivity index (χ0v) is 16.8. The minimum absolute atomic E-state index is 0. The van der Waals surface area contributed by atoms with E-state index >= 15 is 0 Å². The summed E-state index contributed by atoms with van der Waals surface area (Å²) < 4.78 is 0. The van der Waals surface area contributed by atoms with Crippen molar-refractivity contribution in [2.24, 2.45) is 5.73 Å². The molecule has 1 amide bonds. The maximum Gasteiger partial charge on any atom is 0.220 e. The Morgan fingerprint density at radius 1 is 1.16 bits per heavy atom. The van der Waals surface area contributed by atoms with Crippen LogP contribution in [0.5, 0.6) is 0 Å². The fourth-order valence-corrected chi connectivity index (χ4v) is 3.04. The molecule has 1 aromatic rings. The van der Waals surface area contributed by atoms with Gasteiger partial charge in [0, 0.05) is 25.6 Å². The molecule has 6 heteroatoms. The second-order valence-electron chi connectivity index (χ2n) is 6.80. The number of hydrogen-bond donors (Lipinski definition) is 2. The highest BCUT2D eigenvalue weighted by Gasteiger charge is 2.10. The summed E-state index contributed by atoms with van der Waals surface area (Å²) in [6, 6.07) is 8.66. The van der Waals surface area contributed by atoms with Gasteiger partial charge in [0.15, 0.2) is 0 Å². The monoisotopic (exact) mass is 389 g/mol. The van der Waals surface area contributed by atoms with E-state index < -0.39 is 0 Å². The average molecular weight is 390 g/mol. The van der Waals surface area contributed by atoms with E-state index in [2.05, 4.69) is 34.5 Å². The second-order valence-corrected chi connectivity index (χ2v) is 6.80. The first-order valence-corrected chi connectivity index (χ1v) is 8.96. The third-order valence-electron chi connectivity index (χ3n) is 4.41. The van der Waals surface area contributed by atoms with E-state index in [0.29, 0.717) is 13.0 Å². The highest BCUT2D eigenvalue weighted by atomic mass is 35.5. The lowest BCUT2D eigenvalue weighted by atomic mass is 10.1. The van der Waals surface area contributed by atoms with Gasteiger partial charge in [-0.15, -0.1) is 24.8 Å². The van der Waals surface area contributed by atoms with Gasteiger partial charge in [-0.1, -0.05) is 37.1 Å². The molecule has 0 radical (unpaired) electrons. The molecule has 0 saturated carbocycles. The topological polar surface area (TPSA) is 58.4 Å². The molecule has 0 spiro atoms. The van der Waals surface area contributed by atoms with Crippen LogP contribution in [0, 0.1) is 0 Å². The summed E-state index contributed by atoms with van der Waals surface area (Å²) in [5, 5.41) is 2.99. The van der Waals surface area contributed by atoms with Crippen LogP contribution in [0.3, 0.4) is 0 Å². The predicted molar refractivity (Wildman–Crippen MR) is 109 cm³/mol. The van der Waals surface area contributed by atoms with Crippen molar-refractivity contribution in [3.63, 3.8) is 0 Å². The molecule has 25 heavy (non-hydrogen) atoms. The summed E-state index contributed by atoms with van der Waals surface area (Å²) in [6.07, 6.45) is 6.60. The summed E-state index contributed by atoms with van der Waals surface area (Å²) in [4.78, 5) is 14.3. The SMILES string of the molecule is CC(N)CCC(=O)NCc1cccc(CN2CCCCCC2)c1.Cl.Cl. The molecular formula is C19H33Cl2N3O.